The molecule has 27 heavy (non-hydrogen) atoms. The zero-order chi connectivity index (χ0) is 19.4. The molecule has 2 aliphatic rings. The van der Waals surface area contributed by atoms with Gasteiger partial charge in [0, 0.05) is 37.6 Å². The molecule has 1 aromatic rings. The maximum absolute atomic E-state index is 12.8. The van der Waals surface area contributed by atoms with Crippen molar-refractivity contribution in [2.45, 2.75) is 52.9 Å². The number of carbonyl (C=O) groups excluding carboxylic acids is 2. The monoisotopic (exact) mass is 371 g/mol. The van der Waals surface area contributed by atoms with Crippen LogP contribution in [0.25, 0.3) is 0 Å². The predicted molar refractivity (Wildman–Crippen MR) is 110 cm³/mol. The number of hydrogen-bond acceptors (Lipinski definition) is 3. The van der Waals surface area contributed by atoms with Gasteiger partial charge in [0.1, 0.15) is 5.41 Å². The van der Waals surface area contributed by atoms with E-state index in [1.165, 1.54) is 24.9 Å². The number of piperidine rings is 2. The number of amides is 2. The molecule has 148 valence electrons. The lowest BCUT2D eigenvalue weighted by Crippen LogP contribution is -2.48. The maximum Gasteiger partial charge on any atom is 0.239 e. The van der Waals surface area contributed by atoms with Crippen LogP contribution < -0.4 is 10.2 Å². The molecule has 0 atom stereocenters. The number of rotatable bonds is 4. The number of likely N-dealkylation sites (tertiary alicyclic amines) is 1. The molecule has 5 nitrogen and oxygen atoms in total. The molecule has 0 unspecified atom stereocenters. The molecule has 3 rings (SSSR count). The van der Waals surface area contributed by atoms with Gasteiger partial charge < -0.3 is 15.1 Å². The van der Waals surface area contributed by atoms with Crippen LogP contribution in [-0.2, 0) is 9.59 Å². The van der Waals surface area contributed by atoms with Crippen molar-refractivity contribution in [3.63, 3.8) is 0 Å². The second kappa shape index (κ2) is 8.32. The zero-order valence-electron chi connectivity index (χ0n) is 17.0. The van der Waals surface area contributed by atoms with Crippen molar-refractivity contribution in [3.8, 4) is 0 Å². The summed E-state index contributed by atoms with van der Waals surface area (Å²) in [4.78, 5) is 29.8. The summed E-state index contributed by atoms with van der Waals surface area (Å²) in [5, 5.41) is 2.93. The molecule has 2 heterocycles. The fraction of sp³-hybridized carbons (Fsp3) is 0.636. The van der Waals surface area contributed by atoms with E-state index >= 15 is 0 Å². The number of nitrogens with one attached hydrogen (secondary N) is 1. The minimum Gasteiger partial charge on any atom is -0.372 e. The van der Waals surface area contributed by atoms with Crippen molar-refractivity contribution in [3.05, 3.63) is 24.3 Å². The summed E-state index contributed by atoms with van der Waals surface area (Å²) in [6.07, 6.45) is 5.68. The molecule has 2 amide bonds. The lowest BCUT2D eigenvalue weighted by atomic mass is 9.89. The molecule has 2 saturated heterocycles. The number of carbonyl (C=O) groups is 2. The molecule has 0 aliphatic carbocycles. The first-order valence-electron chi connectivity index (χ1n) is 10.3. The Morgan fingerprint density at radius 3 is 2.15 bits per heavy atom. The molecule has 5 heteroatoms. The van der Waals surface area contributed by atoms with E-state index < -0.39 is 5.41 Å². The molecule has 0 spiro atoms. The second-order valence-corrected chi connectivity index (χ2v) is 8.65. The second-order valence-electron chi connectivity index (χ2n) is 8.65. The van der Waals surface area contributed by atoms with Crippen LogP contribution in [-0.4, -0.2) is 42.9 Å². The fourth-order valence-electron chi connectivity index (χ4n) is 3.90. The van der Waals surface area contributed by atoms with E-state index in [-0.39, 0.29) is 11.8 Å². The lowest BCUT2D eigenvalue weighted by molar-refractivity contribution is -0.147. The molecule has 0 saturated carbocycles. The van der Waals surface area contributed by atoms with Gasteiger partial charge in [0.2, 0.25) is 11.8 Å². The zero-order valence-corrected chi connectivity index (χ0v) is 17.0. The molecule has 0 radical (unpaired) electrons. The summed E-state index contributed by atoms with van der Waals surface area (Å²) in [5.41, 5.74) is 0.885. The highest BCUT2D eigenvalue weighted by atomic mass is 16.2. The molecule has 1 N–H and O–H groups in total. The van der Waals surface area contributed by atoms with Crippen LogP contribution in [0.15, 0.2) is 24.3 Å². The van der Waals surface area contributed by atoms with Gasteiger partial charge in [-0.25, -0.2) is 0 Å². The van der Waals surface area contributed by atoms with Crippen LogP contribution in [0.5, 0.6) is 0 Å². The number of benzene rings is 1. The van der Waals surface area contributed by atoms with Crippen molar-refractivity contribution < 1.29 is 9.59 Å². The number of nitrogens with zero attached hydrogens (tertiary/aromatic N) is 2. The van der Waals surface area contributed by atoms with Gasteiger partial charge in [0.15, 0.2) is 0 Å². The summed E-state index contributed by atoms with van der Waals surface area (Å²) in [7, 11) is 0. The van der Waals surface area contributed by atoms with Gasteiger partial charge in [-0.15, -0.1) is 0 Å². The highest BCUT2D eigenvalue weighted by molar-refractivity contribution is 6.09. The Balaban J connectivity index is 1.60. The topological polar surface area (TPSA) is 52.7 Å². The largest absolute Gasteiger partial charge is 0.372 e. The highest BCUT2D eigenvalue weighted by Gasteiger charge is 2.39. The van der Waals surface area contributed by atoms with Crippen LogP contribution in [0, 0.1) is 11.3 Å². The minimum absolute atomic E-state index is 0.0706. The van der Waals surface area contributed by atoms with Crippen molar-refractivity contribution >= 4 is 23.2 Å². The van der Waals surface area contributed by atoms with E-state index in [2.05, 4.69) is 29.3 Å². The van der Waals surface area contributed by atoms with Gasteiger partial charge in [0.05, 0.1) is 0 Å². The third-order valence-corrected chi connectivity index (χ3v) is 6.02. The third-order valence-electron chi connectivity index (χ3n) is 6.02. The number of anilines is 2. The van der Waals surface area contributed by atoms with Crippen molar-refractivity contribution in [1.82, 2.24) is 4.90 Å². The fourth-order valence-corrected chi connectivity index (χ4v) is 3.90. The summed E-state index contributed by atoms with van der Waals surface area (Å²) >= 11 is 0. The molecular formula is C22H33N3O2. The SMILES string of the molecule is CC1CCN(c2ccc(NC(=O)C(C)(C)C(=O)N3CCCCC3)cc2)CC1. The highest BCUT2D eigenvalue weighted by Crippen LogP contribution is 2.27. The van der Waals surface area contributed by atoms with Gasteiger partial charge in [0.25, 0.3) is 0 Å². The average molecular weight is 372 g/mol. The Labute approximate surface area is 163 Å². The van der Waals surface area contributed by atoms with Gasteiger partial charge in [-0.3, -0.25) is 9.59 Å². The van der Waals surface area contributed by atoms with Crippen LogP contribution in [0.2, 0.25) is 0 Å². The third kappa shape index (κ3) is 4.63. The summed E-state index contributed by atoms with van der Waals surface area (Å²) in [6, 6.07) is 8.00. The van der Waals surface area contributed by atoms with E-state index in [1.807, 2.05) is 17.0 Å². The molecule has 1 aromatic carbocycles. The Bertz CT molecular complexity index is 655. The van der Waals surface area contributed by atoms with E-state index in [4.69, 9.17) is 0 Å². The Morgan fingerprint density at radius 2 is 1.56 bits per heavy atom. The summed E-state index contributed by atoms with van der Waals surface area (Å²) in [5.74, 6) is 0.496. The predicted octanol–water partition coefficient (Wildman–Crippen LogP) is 3.90. The Morgan fingerprint density at radius 1 is 0.963 bits per heavy atom. The molecule has 2 aliphatic heterocycles. The molecule has 0 bridgehead atoms. The van der Waals surface area contributed by atoms with Crippen LogP contribution in [0.1, 0.15) is 52.9 Å². The normalized spacial score (nSPS) is 19.1. The smallest absolute Gasteiger partial charge is 0.239 e. The van der Waals surface area contributed by atoms with Gasteiger partial charge >= 0.3 is 0 Å². The van der Waals surface area contributed by atoms with Crippen molar-refractivity contribution in [1.29, 1.82) is 0 Å². The summed E-state index contributed by atoms with van der Waals surface area (Å²) in [6.45, 7) is 9.46. The van der Waals surface area contributed by atoms with Crippen LogP contribution in [0.4, 0.5) is 11.4 Å². The first kappa shape index (κ1) is 19.7. The minimum atomic E-state index is -1.06. The van der Waals surface area contributed by atoms with E-state index in [1.54, 1.807) is 13.8 Å². The van der Waals surface area contributed by atoms with E-state index in [9.17, 15) is 9.59 Å². The molecular weight excluding hydrogens is 338 g/mol. The van der Waals surface area contributed by atoms with Gasteiger partial charge in [-0.05, 0) is 76.1 Å². The van der Waals surface area contributed by atoms with Crippen molar-refractivity contribution in [2.75, 3.05) is 36.4 Å². The standard InChI is InChI=1S/C22H33N3O2/c1-17-11-15-24(16-12-17)19-9-7-18(8-10-19)23-20(26)22(2,3)21(27)25-13-5-4-6-14-25/h7-10,17H,4-6,11-16H2,1-3H3,(H,23,26). The lowest BCUT2D eigenvalue weighted by Gasteiger charge is -2.33. The first-order chi connectivity index (χ1) is 12.9. The summed E-state index contributed by atoms with van der Waals surface area (Å²) < 4.78 is 0. The number of hydrogen-bond donors (Lipinski definition) is 1. The Hall–Kier alpha value is -2.04. The maximum atomic E-state index is 12.8. The molecule has 0 aromatic heterocycles. The first-order valence-corrected chi connectivity index (χ1v) is 10.3. The molecule has 2 fully saturated rings. The van der Waals surface area contributed by atoms with Crippen LogP contribution >= 0.6 is 0 Å². The average Bonchev–Trinajstić information content (AvgIpc) is 2.69. The van der Waals surface area contributed by atoms with Crippen molar-refractivity contribution in [2.24, 2.45) is 11.3 Å². The quantitative estimate of drug-likeness (QED) is 0.817. The van der Waals surface area contributed by atoms with E-state index in [0.29, 0.717) is 0 Å². The van der Waals surface area contributed by atoms with Gasteiger partial charge in [-0.1, -0.05) is 6.92 Å². The van der Waals surface area contributed by atoms with Crippen LogP contribution in [0.3, 0.4) is 0 Å². The van der Waals surface area contributed by atoms with E-state index in [0.717, 1.165) is 50.6 Å². The Kier molecular flexibility index (Phi) is 6.08. The van der Waals surface area contributed by atoms with Gasteiger partial charge in [-0.2, -0.15) is 0 Å².